The van der Waals surface area contributed by atoms with Crippen LogP contribution in [-0.2, 0) is 14.2 Å². The van der Waals surface area contributed by atoms with E-state index >= 15 is 0 Å². The van der Waals surface area contributed by atoms with Crippen LogP contribution < -0.4 is 0 Å². The summed E-state index contributed by atoms with van der Waals surface area (Å²) in [7, 11) is 0. The van der Waals surface area contributed by atoms with Crippen molar-refractivity contribution in [1.82, 2.24) is 0 Å². The molecule has 0 spiro atoms. The highest BCUT2D eigenvalue weighted by Crippen LogP contribution is 2.76. The van der Waals surface area contributed by atoms with Crippen molar-refractivity contribution in [2.45, 2.75) is 161 Å². The SMILES string of the molecule is CC(C)=CC1C[C@](C)(O[C@@H]2O[C@H](CO)[C@@H](O)[C@H](O)[C@H]2O)[C@H]2CC[C@]3(C)[C@@H]2[C@@H](C[C@@H]2[C@@]4(C)CC[C@H](O)C(C)(C)[C@@H]4CC[C@]23C)O1. The Balaban J connectivity index is 1.39. The second-order valence-corrected chi connectivity index (χ2v) is 17.6. The summed E-state index contributed by atoms with van der Waals surface area (Å²) in [5, 5.41) is 52.9. The van der Waals surface area contributed by atoms with E-state index in [1.165, 1.54) is 5.57 Å². The van der Waals surface area contributed by atoms with Crippen LogP contribution in [0.5, 0.6) is 0 Å². The molecule has 8 nitrogen and oxygen atoms in total. The average Bonchev–Trinajstić information content (AvgIpc) is 3.27. The summed E-state index contributed by atoms with van der Waals surface area (Å²) in [4.78, 5) is 0. The Morgan fingerprint density at radius 3 is 2.16 bits per heavy atom. The Hall–Kier alpha value is -0.580. The van der Waals surface area contributed by atoms with Crippen LogP contribution in [0.1, 0.15) is 107 Å². The highest BCUT2D eigenvalue weighted by molar-refractivity contribution is 5.22. The summed E-state index contributed by atoms with van der Waals surface area (Å²) >= 11 is 0. The molecule has 0 aromatic rings. The van der Waals surface area contributed by atoms with E-state index in [9.17, 15) is 25.5 Å². The van der Waals surface area contributed by atoms with Gasteiger partial charge in [-0.05, 0) is 111 Å². The van der Waals surface area contributed by atoms with Gasteiger partial charge in [0.05, 0.1) is 30.5 Å². The Morgan fingerprint density at radius 1 is 0.818 bits per heavy atom. The zero-order valence-corrected chi connectivity index (χ0v) is 28.3. The topological polar surface area (TPSA) is 129 Å². The molecule has 0 radical (unpaired) electrons. The number of fused-ring (bicyclic) bond motifs is 4. The van der Waals surface area contributed by atoms with Gasteiger partial charge in [0.1, 0.15) is 24.4 Å². The van der Waals surface area contributed by atoms with Gasteiger partial charge >= 0.3 is 0 Å². The van der Waals surface area contributed by atoms with Gasteiger partial charge in [0.15, 0.2) is 6.29 Å². The van der Waals surface area contributed by atoms with Crippen LogP contribution in [-0.4, -0.2) is 86.8 Å². The lowest BCUT2D eigenvalue weighted by Gasteiger charge is -2.70. The maximum atomic E-state index is 11.1. The smallest absolute Gasteiger partial charge is 0.187 e. The fraction of sp³-hybridized carbons (Fsp3) is 0.944. The van der Waals surface area contributed by atoms with Crippen LogP contribution in [0.15, 0.2) is 11.6 Å². The van der Waals surface area contributed by atoms with Crippen molar-refractivity contribution in [1.29, 1.82) is 0 Å². The third-order valence-corrected chi connectivity index (χ3v) is 14.8. The van der Waals surface area contributed by atoms with E-state index in [1.54, 1.807) is 0 Å². The molecule has 2 saturated heterocycles. The lowest BCUT2D eigenvalue weighted by atomic mass is 9.35. The molecule has 8 heteroatoms. The maximum absolute atomic E-state index is 11.1. The predicted molar refractivity (Wildman–Crippen MR) is 166 cm³/mol. The minimum atomic E-state index is -1.48. The van der Waals surface area contributed by atoms with Crippen LogP contribution in [0, 0.1) is 45.3 Å². The summed E-state index contributed by atoms with van der Waals surface area (Å²) in [5.74, 6) is 1.34. The van der Waals surface area contributed by atoms with E-state index in [-0.39, 0.29) is 51.8 Å². The maximum Gasteiger partial charge on any atom is 0.187 e. The summed E-state index contributed by atoms with van der Waals surface area (Å²) in [6, 6.07) is 0. The van der Waals surface area contributed by atoms with E-state index in [1.807, 2.05) is 0 Å². The van der Waals surface area contributed by atoms with E-state index in [0.717, 1.165) is 44.9 Å². The molecule has 4 aliphatic carbocycles. The normalized spacial score (nSPS) is 56.6. The molecule has 0 bridgehead atoms. The van der Waals surface area contributed by atoms with Crippen LogP contribution >= 0.6 is 0 Å². The molecule has 16 atom stereocenters. The van der Waals surface area contributed by atoms with Crippen LogP contribution in [0.3, 0.4) is 0 Å². The van der Waals surface area contributed by atoms with E-state index < -0.39 is 42.9 Å². The van der Waals surface area contributed by atoms with E-state index in [2.05, 4.69) is 61.5 Å². The number of aliphatic hydroxyl groups is 5. The molecule has 0 aromatic carbocycles. The van der Waals surface area contributed by atoms with Gasteiger partial charge in [-0.15, -0.1) is 0 Å². The van der Waals surface area contributed by atoms with Gasteiger partial charge in [0.2, 0.25) is 0 Å². The van der Waals surface area contributed by atoms with Gasteiger partial charge in [-0.1, -0.05) is 46.3 Å². The average molecular weight is 621 g/mol. The number of ether oxygens (including phenoxy) is 3. The molecular weight excluding hydrogens is 560 g/mol. The Bertz CT molecular complexity index is 1120. The van der Waals surface area contributed by atoms with Crippen molar-refractivity contribution in [3.05, 3.63) is 11.6 Å². The highest BCUT2D eigenvalue weighted by atomic mass is 16.7. The van der Waals surface area contributed by atoms with Gasteiger partial charge in [0, 0.05) is 6.42 Å². The van der Waals surface area contributed by atoms with Gasteiger partial charge in [-0.25, -0.2) is 0 Å². The summed E-state index contributed by atoms with van der Waals surface area (Å²) in [6.45, 7) is 18.0. The molecule has 0 aromatic heterocycles. The van der Waals surface area contributed by atoms with E-state index in [4.69, 9.17) is 14.2 Å². The second-order valence-electron chi connectivity index (χ2n) is 17.6. The van der Waals surface area contributed by atoms with Crippen molar-refractivity contribution < 1.29 is 39.7 Å². The van der Waals surface area contributed by atoms with Crippen LogP contribution in [0.25, 0.3) is 0 Å². The van der Waals surface area contributed by atoms with Gasteiger partial charge in [0.25, 0.3) is 0 Å². The number of allylic oxidation sites excluding steroid dienone is 1. The first-order valence-corrected chi connectivity index (χ1v) is 17.4. The fourth-order valence-corrected chi connectivity index (χ4v) is 12.4. The molecule has 4 saturated carbocycles. The third kappa shape index (κ3) is 4.67. The molecule has 1 unspecified atom stereocenters. The fourth-order valence-electron chi connectivity index (χ4n) is 12.4. The first-order valence-electron chi connectivity index (χ1n) is 17.4. The van der Waals surface area contributed by atoms with Crippen LogP contribution in [0.4, 0.5) is 0 Å². The highest BCUT2D eigenvalue weighted by Gasteiger charge is 2.72. The van der Waals surface area contributed by atoms with Gasteiger partial charge in [-0.2, -0.15) is 0 Å². The zero-order chi connectivity index (χ0) is 32.2. The van der Waals surface area contributed by atoms with Crippen molar-refractivity contribution >= 4 is 0 Å². The summed E-state index contributed by atoms with van der Waals surface area (Å²) < 4.78 is 20.0. The Kier molecular flexibility index (Phi) is 8.31. The number of rotatable bonds is 4. The first-order chi connectivity index (χ1) is 20.4. The molecule has 6 rings (SSSR count). The summed E-state index contributed by atoms with van der Waals surface area (Å²) in [6.07, 6.45) is 3.09. The molecule has 2 aliphatic heterocycles. The Morgan fingerprint density at radius 2 is 1.50 bits per heavy atom. The number of hydrogen-bond donors (Lipinski definition) is 5. The lowest BCUT2D eigenvalue weighted by molar-refractivity contribution is -0.333. The molecule has 252 valence electrons. The molecular formula is C36H60O8. The molecule has 6 fully saturated rings. The van der Waals surface area contributed by atoms with Crippen molar-refractivity contribution in [2.75, 3.05) is 6.61 Å². The van der Waals surface area contributed by atoms with E-state index in [0.29, 0.717) is 18.3 Å². The zero-order valence-electron chi connectivity index (χ0n) is 28.3. The Labute approximate surface area is 264 Å². The largest absolute Gasteiger partial charge is 0.394 e. The molecule has 2 heterocycles. The summed E-state index contributed by atoms with van der Waals surface area (Å²) in [5.41, 5.74) is 0.572. The standard InChI is InChI=1S/C36H60O8/c1-19(2)15-20-17-36(8,44-31-30(41)29(40)28(39)23(18-37)43-31)21-9-13-35(7)27(21)22(42-20)16-25-33(5)12-11-26(38)32(3,4)24(33)10-14-34(25,35)6/h15,20-31,37-41H,9-14,16-18H2,1-8H3/t20?,21-,22+,23+,24-,25+,26-,27-,28+,29-,30+,31-,33-,34+,35+,36-/m0/s1. The quantitative estimate of drug-likeness (QED) is 0.294. The third-order valence-electron chi connectivity index (χ3n) is 14.8. The molecule has 6 aliphatic rings. The van der Waals surface area contributed by atoms with Gasteiger partial charge in [-0.3, -0.25) is 0 Å². The second kappa shape index (κ2) is 11.0. The van der Waals surface area contributed by atoms with Crippen molar-refractivity contribution in [3.63, 3.8) is 0 Å². The minimum absolute atomic E-state index is 0.0132. The van der Waals surface area contributed by atoms with Crippen molar-refractivity contribution in [2.24, 2.45) is 45.3 Å². The minimum Gasteiger partial charge on any atom is -0.394 e. The lowest BCUT2D eigenvalue weighted by Crippen LogP contribution is -2.66. The monoisotopic (exact) mass is 620 g/mol. The van der Waals surface area contributed by atoms with Gasteiger partial charge < -0.3 is 39.7 Å². The molecule has 5 N–H and O–H groups in total. The van der Waals surface area contributed by atoms with Crippen molar-refractivity contribution in [3.8, 4) is 0 Å². The first kappa shape index (κ1) is 33.3. The number of aliphatic hydroxyl groups excluding tert-OH is 5. The molecule has 44 heavy (non-hydrogen) atoms. The number of hydrogen-bond acceptors (Lipinski definition) is 8. The predicted octanol–water partition coefficient (Wildman–Crippen LogP) is 4.34. The van der Waals surface area contributed by atoms with Crippen LogP contribution in [0.2, 0.25) is 0 Å². The molecule has 0 amide bonds.